The smallest absolute Gasteiger partial charge is 0.123 e. The third-order valence-electron chi connectivity index (χ3n) is 2.96. The van der Waals surface area contributed by atoms with Gasteiger partial charge in [0, 0.05) is 12.2 Å². The van der Waals surface area contributed by atoms with Gasteiger partial charge in [-0.05, 0) is 36.1 Å². The molecule has 0 atom stereocenters. The summed E-state index contributed by atoms with van der Waals surface area (Å²) in [4.78, 5) is 0.283. The van der Waals surface area contributed by atoms with Crippen LogP contribution in [0.4, 0.5) is 4.39 Å². The molecule has 0 aliphatic heterocycles. The minimum Gasteiger partial charge on any atom is -0.389 e. The number of rotatable bonds is 6. The minimum atomic E-state index is -0.286. The Balaban J connectivity index is 1.92. The molecule has 0 saturated heterocycles. The van der Waals surface area contributed by atoms with Gasteiger partial charge in [-0.2, -0.15) is 0 Å². The van der Waals surface area contributed by atoms with E-state index in [1.54, 1.807) is 6.07 Å². The van der Waals surface area contributed by atoms with E-state index in [0.29, 0.717) is 12.2 Å². The van der Waals surface area contributed by atoms with Gasteiger partial charge >= 0.3 is 0 Å². The molecule has 1 aliphatic rings. The van der Waals surface area contributed by atoms with Gasteiger partial charge in [-0.25, -0.2) is 4.39 Å². The Kier molecular flexibility index (Phi) is 4.07. The molecule has 1 aromatic carbocycles. The number of nitrogens with two attached hydrogens (primary N) is 1. The van der Waals surface area contributed by atoms with E-state index in [0.717, 1.165) is 24.5 Å². The zero-order valence-corrected chi connectivity index (χ0v) is 10.4. The van der Waals surface area contributed by atoms with E-state index in [9.17, 15) is 4.39 Å². The maximum absolute atomic E-state index is 13.1. The first kappa shape index (κ1) is 12.5. The number of benzene rings is 1. The summed E-state index contributed by atoms with van der Waals surface area (Å²) >= 11 is 4.92. The van der Waals surface area contributed by atoms with Crippen molar-refractivity contribution in [3.63, 3.8) is 0 Å². The minimum absolute atomic E-state index is 0.283. The van der Waals surface area contributed by atoms with E-state index in [-0.39, 0.29) is 10.8 Å². The van der Waals surface area contributed by atoms with E-state index in [2.05, 4.69) is 0 Å². The highest BCUT2D eigenvalue weighted by Gasteiger charge is 2.20. The highest BCUT2D eigenvalue weighted by Crippen LogP contribution is 2.32. The standard InChI is InChI=1S/C13H16FNOS/c14-11-3-4-12(13(15)17)10(7-11)8-16-6-5-9-1-2-9/h3-4,7,9H,1-2,5-6,8H2,(H2,15,17). The molecule has 2 rings (SSSR count). The van der Waals surface area contributed by atoms with E-state index in [1.165, 1.54) is 25.0 Å². The van der Waals surface area contributed by atoms with Gasteiger partial charge in [-0.3, -0.25) is 0 Å². The predicted octanol–water partition coefficient (Wildman–Crippen LogP) is 2.78. The van der Waals surface area contributed by atoms with Crippen LogP contribution in [-0.4, -0.2) is 11.6 Å². The molecule has 17 heavy (non-hydrogen) atoms. The molecule has 0 radical (unpaired) electrons. The molecular weight excluding hydrogens is 237 g/mol. The fourth-order valence-electron chi connectivity index (χ4n) is 1.76. The Labute approximate surface area is 106 Å². The molecule has 2 N–H and O–H groups in total. The number of halogens is 1. The lowest BCUT2D eigenvalue weighted by atomic mass is 10.1. The third kappa shape index (κ3) is 3.75. The van der Waals surface area contributed by atoms with Crippen LogP contribution in [0, 0.1) is 11.7 Å². The van der Waals surface area contributed by atoms with Crippen LogP contribution >= 0.6 is 12.2 Å². The molecule has 0 heterocycles. The van der Waals surface area contributed by atoms with Gasteiger partial charge < -0.3 is 10.5 Å². The van der Waals surface area contributed by atoms with Crippen LogP contribution < -0.4 is 5.73 Å². The maximum atomic E-state index is 13.1. The number of hydrogen-bond acceptors (Lipinski definition) is 2. The normalized spacial score (nSPS) is 14.9. The summed E-state index contributed by atoms with van der Waals surface area (Å²) in [6.45, 7) is 1.09. The van der Waals surface area contributed by atoms with Crippen molar-refractivity contribution in [3.05, 3.63) is 35.1 Å². The predicted molar refractivity (Wildman–Crippen MR) is 69.3 cm³/mol. The molecule has 0 unspecified atom stereocenters. The van der Waals surface area contributed by atoms with Crippen LogP contribution in [-0.2, 0) is 11.3 Å². The average Bonchev–Trinajstić information content (AvgIpc) is 3.08. The van der Waals surface area contributed by atoms with E-state index >= 15 is 0 Å². The highest BCUT2D eigenvalue weighted by atomic mass is 32.1. The fraction of sp³-hybridized carbons (Fsp3) is 0.462. The van der Waals surface area contributed by atoms with Crippen molar-refractivity contribution in [2.24, 2.45) is 11.7 Å². The fourth-order valence-corrected chi connectivity index (χ4v) is 1.96. The van der Waals surface area contributed by atoms with Crippen molar-refractivity contribution in [2.75, 3.05) is 6.61 Å². The summed E-state index contributed by atoms with van der Waals surface area (Å²) < 4.78 is 18.7. The monoisotopic (exact) mass is 253 g/mol. The zero-order valence-electron chi connectivity index (χ0n) is 9.62. The van der Waals surface area contributed by atoms with Crippen molar-refractivity contribution < 1.29 is 9.13 Å². The van der Waals surface area contributed by atoms with Crippen molar-refractivity contribution in [2.45, 2.75) is 25.9 Å². The lowest BCUT2D eigenvalue weighted by Crippen LogP contribution is -2.13. The van der Waals surface area contributed by atoms with Crippen molar-refractivity contribution >= 4 is 17.2 Å². The van der Waals surface area contributed by atoms with Crippen molar-refractivity contribution in [1.82, 2.24) is 0 Å². The summed E-state index contributed by atoms with van der Waals surface area (Å²) in [5, 5.41) is 0. The molecule has 92 valence electrons. The first-order chi connectivity index (χ1) is 8.16. The van der Waals surface area contributed by atoms with Gasteiger partial charge in [0.15, 0.2) is 0 Å². The Morgan fingerprint density at radius 3 is 2.88 bits per heavy atom. The molecule has 0 bridgehead atoms. The van der Waals surface area contributed by atoms with E-state index in [1.807, 2.05) is 0 Å². The maximum Gasteiger partial charge on any atom is 0.123 e. The third-order valence-corrected chi connectivity index (χ3v) is 3.18. The highest BCUT2D eigenvalue weighted by molar-refractivity contribution is 7.80. The zero-order chi connectivity index (χ0) is 12.3. The molecule has 1 fully saturated rings. The molecule has 1 aromatic rings. The number of hydrogen-bond donors (Lipinski definition) is 1. The largest absolute Gasteiger partial charge is 0.389 e. The van der Waals surface area contributed by atoms with Gasteiger partial charge in [0.25, 0.3) is 0 Å². The lowest BCUT2D eigenvalue weighted by Gasteiger charge is -2.09. The molecule has 2 nitrogen and oxygen atoms in total. The second-order valence-electron chi connectivity index (χ2n) is 4.45. The van der Waals surface area contributed by atoms with E-state index in [4.69, 9.17) is 22.7 Å². The summed E-state index contributed by atoms with van der Waals surface area (Å²) in [7, 11) is 0. The molecule has 0 amide bonds. The first-order valence-electron chi connectivity index (χ1n) is 5.83. The quantitative estimate of drug-likeness (QED) is 0.625. The second kappa shape index (κ2) is 5.56. The van der Waals surface area contributed by atoms with Crippen LogP contribution in [0.2, 0.25) is 0 Å². The molecule has 1 aliphatic carbocycles. The Bertz CT molecular complexity index is 418. The van der Waals surface area contributed by atoms with Crippen molar-refractivity contribution in [1.29, 1.82) is 0 Å². The Morgan fingerprint density at radius 2 is 2.24 bits per heavy atom. The second-order valence-corrected chi connectivity index (χ2v) is 4.89. The number of ether oxygens (including phenoxy) is 1. The van der Waals surface area contributed by atoms with Gasteiger partial charge in [-0.1, -0.05) is 25.1 Å². The van der Waals surface area contributed by atoms with E-state index < -0.39 is 0 Å². The van der Waals surface area contributed by atoms with Crippen LogP contribution in [0.15, 0.2) is 18.2 Å². The molecule has 4 heteroatoms. The molecule has 1 saturated carbocycles. The summed E-state index contributed by atoms with van der Waals surface area (Å²) in [6, 6.07) is 4.41. The van der Waals surface area contributed by atoms with Gasteiger partial charge in [-0.15, -0.1) is 0 Å². The summed E-state index contributed by atoms with van der Waals surface area (Å²) in [6.07, 6.45) is 3.74. The summed E-state index contributed by atoms with van der Waals surface area (Å²) in [5.74, 6) is 0.559. The average molecular weight is 253 g/mol. The molecular formula is C13H16FNOS. The van der Waals surface area contributed by atoms with Crippen LogP contribution in [0.5, 0.6) is 0 Å². The number of thiocarbonyl (C=S) groups is 1. The van der Waals surface area contributed by atoms with Crippen LogP contribution in [0.25, 0.3) is 0 Å². The molecule has 0 spiro atoms. The Hall–Kier alpha value is -1.00. The lowest BCUT2D eigenvalue weighted by molar-refractivity contribution is 0.115. The summed E-state index contributed by atoms with van der Waals surface area (Å²) in [5.41, 5.74) is 7.01. The first-order valence-corrected chi connectivity index (χ1v) is 6.23. The van der Waals surface area contributed by atoms with Gasteiger partial charge in [0.2, 0.25) is 0 Å². The van der Waals surface area contributed by atoms with Gasteiger partial charge in [0.1, 0.15) is 10.8 Å². The van der Waals surface area contributed by atoms with Crippen molar-refractivity contribution in [3.8, 4) is 0 Å². The Morgan fingerprint density at radius 1 is 1.47 bits per heavy atom. The van der Waals surface area contributed by atoms with Crippen LogP contribution in [0.3, 0.4) is 0 Å². The van der Waals surface area contributed by atoms with Crippen LogP contribution in [0.1, 0.15) is 30.4 Å². The topological polar surface area (TPSA) is 35.2 Å². The van der Waals surface area contributed by atoms with Gasteiger partial charge in [0.05, 0.1) is 6.61 Å². The SMILES string of the molecule is NC(=S)c1ccc(F)cc1COCCC1CC1. The molecule has 0 aromatic heterocycles.